The van der Waals surface area contributed by atoms with E-state index < -0.39 is 0 Å². The molecule has 1 saturated heterocycles. The predicted octanol–water partition coefficient (Wildman–Crippen LogP) is 7.37. The molecule has 0 radical (unpaired) electrons. The molecule has 1 unspecified atom stereocenters. The molecular weight excluding hydrogens is 430 g/mol. The Bertz CT molecular complexity index is 1130. The van der Waals surface area contributed by atoms with Gasteiger partial charge >= 0.3 is 0 Å². The summed E-state index contributed by atoms with van der Waals surface area (Å²) < 4.78 is 0. The topological polar surface area (TPSA) is 52.4 Å². The average Bonchev–Trinajstić information content (AvgIpc) is 3.73. The molecule has 1 aliphatic carbocycles. The molecule has 2 aromatic carbocycles. The number of amidine groups is 2. The Balaban J connectivity index is 0.00000361. The van der Waals surface area contributed by atoms with Gasteiger partial charge in [-0.05, 0) is 68.4 Å². The Morgan fingerprint density at radius 1 is 1.14 bits per heavy atom. The molecular formula is C30H39N5. The summed E-state index contributed by atoms with van der Waals surface area (Å²) in [5, 5.41) is 3.36. The van der Waals surface area contributed by atoms with Gasteiger partial charge in [-0.15, -0.1) is 0 Å². The molecule has 5 heteroatoms. The number of aliphatic imine (C=N–C) groups is 3. The van der Waals surface area contributed by atoms with E-state index in [1.54, 1.807) is 12.3 Å². The van der Waals surface area contributed by atoms with Crippen molar-refractivity contribution in [3.63, 3.8) is 0 Å². The Morgan fingerprint density at radius 2 is 1.94 bits per heavy atom. The number of nitrogens with one attached hydrogen (secondary N) is 1. The fourth-order valence-electron chi connectivity index (χ4n) is 4.59. The van der Waals surface area contributed by atoms with Crippen molar-refractivity contribution in [1.29, 1.82) is 0 Å². The van der Waals surface area contributed by atoms with Crippen molar-refractivity contribution in [2.24, 2.45) is 20.9 Å². The van der Waals surface area contributed by atoms with Crippen LogP contribution < -0.4 is 5.32 Å². The molecule has 1 saturated carbocycles. The number of nitrogens with zero attached hydrogens (tertiary/aromatic N) is 4. The van der Waals surface area contributed by atoms with Gasteiger partial charge in [-0.1, -0.05) is 56.5 Å². The lowest BCUT2D eigenvalue weighted by Gasteiger charge is -2.34. The molecule has 0 amide bonds. The lowest BCUT2D eigenvalue weighted by atomic mass is 9.90. The van der Waals surface area contributed by atoms with Crippen LogP contribution in [-0.2, 0) is 6.42 Å². The minimum absolute atomic E-state index is 0. The Hall–Kier alpha value is -3.47. The van der Waals surface area contributed by atoms with Gasteiger partial charge in [-0.25, -0.2) is 9.98 Å². The van der Waals surface area contributed by atoms with Crippen LogP contribution in [0, 0.1) is 5.92 Å². The molecule has 184 valence electrons. The Morgan fingerprint density at radius 3 is 2.66 bits per heavy atom. The summed E-state index contributed by atoms with van der Waals surface area (Å²) in [7, 11) is 0. The van der Waals surface area contributed by atoms with Gasteiger partial charge in [0.1, 0.15) is 17.5 Å². The van der Waals surface area contributed by atoms with E-state index in [0.717, 1.165) is 55.4 Å². The first kappa shape index (κ1) is 24.6. The van der Waals surface area contributed by atoms with E-state index in [4.69, 9.17) is 9.98 Å². The largest absolute Gasteiger partial charge is 0.360 e. The van der Waals surface area contributed by atoms with E-state index in [0.29, 0.717) is 17.7 Å². The van der Waals surface area contributed by atoms with Crippen molar-refractivity contribution in [3.8, 4) is 0 Å². The molecule has 5 nitrogen and oxygen atoms in total. The zero-order valence-corrected chi connectivity index (χ0v) is 21.1. The van der Waals surface area contributed by atoms with Crippen LogP contribution in [0.25, 0.3) is 0 Å². The van der Waals surface area contributed by atoms with E-state index in [1.807, 2.05) is 12.1 Å². The summed E-state index contributed by atoms with van der Waals surface area (Å²) in [5.74, 6) is 3.56. The molecule has 1 heterocycles. The minimum atomic E-state index is 0. The van der Waals surface area contributed by atoms with Gasteiger partial charge < -0.3 is 10.2 Å². The molecule has 0 aromatic heterocycles. The van der Waals surface area contributed by atoms with Gasteiger partial charge in [-0.2, -0.15) is 0 Å². The second-order valence-electron chi connectivity index (χ2n) is 9.38. The quantitative estimate of drug-likeness (QED) is 0.324. The molecule has 0 spiro atoms. The van der Waals surface area contributed by atoms with Crippen LogP contribution in [0.4, 0.5) is 11.4 Å². The summed E-state index contributed by atoms with van der Waals surface area (Å²) in [6, 6.07) is 17.0. The number of anilines is 1. The Labute approximate surface area is 211 Å². The van der Waals surface area contributed by atoms with Crippen molar-refractivity contribution in [2.75, 3.05) is 18.4 Å². The van der Waals surface area contributed by atoms with Gasteiger partial charge in [0.15, 0.2) is 0 Å². The maximum absolute atomic E-state index is 5.02. The van der Waals surface area contributed by atoms with Crippen LogP contribution in [-0.4, -0.2) is 35.9 Å². The third kappa shape index (κ3) is 6.78. The van der Waals surface area contributed by atoms with Crippen LogP contribution in [0.5, 0.6) is 0 Å². The Kier molecular flexibility index (Phi) is 8.30. The standard InChI is InChI=1S/C30H37N5.H2/c1-5-18-31-29-17-16-28(20-24(29)6-2)32-22(3)33-30(26-14-15-26)34-23(4)35-19-10-13-27(21-35)25-11-8-7-9-12-25;/h5,7-9,11-12,16-18,20,26-27,32H,1,3,6,10,13-15,19,21H2,2,4H3;1H/b31-18?,33-30-,34-23?;. The molecule has 2 aliphatic rings. The van der Waals surface area contributed by atoms with Crippen molar-refractivity contribution < 1.29 is 1.43 Å². The highest BCUT2D eigenvalue weighted by Gasteiger charge is 2.29. The van der Waals surface area contributed by atoms with E-state index in [1.165, 1.54) is 24.0 Å². The molecule has 4 rings (SSSR count). The van der Waals surface area contributed by atoms with Crippen LogP contribution in [0.1, 0.15) is 58.0 Å². The van der Waals surface area contributed by atoms with E-state index in [9.17, 15) is 0 Å². The third-order valence-corrected chi connectivity index (χ3v) is 6.69. The maximum atomic E-state index is 5.02. The first-order valence-corrected chi connectivity index (χ1v) is 12.7. The summed E-state index contributed by atoms with van der Waals surface area (Å²) in [6.45, 7) is 14.2. The summed E-state index contributed by atoms with van der Waals surface area (Å²) >= 11 is 0. The highest BCUT2D eigenvalue weighted by Crippen LogP contribution is 2.33. The van der Waals surface area contributed by atoms with Crippen LogP contribution in [0.15, 0.2) is 88.6 Å². The zero-order valence-electron chi connectivity index (χ0n) is 21.1. The molecule has 2 fully saturated rings. The number of benzene rings is 2. The number of allylic oxidation sites excluding steroid dienone is 1. The van der Waals surface area contributed by atoms with Gasteiger partial charge in [0.05, 0.1) is 5.69 Å². The average molecular weight is 470 g/mol. The minimum Gasteiger partial charge on any atom is -0.360 e. The van der Waals surface area contributed by atoms with Crippen LogP contribution in [0.2, 0.25) is 0 Å². The van der Waals surface area contributed by atoms with Gasteiger partial charge in [0, 0.05) is 38.3 Å². The monoisotopic (exact) mass is 469 g/mol. The lowest BCUT2D eigenvalue weighted by molar-refractivity contribution is 0.308. The summed E-state index contributed by atoms with van der Waals surface area (Å²) in [5.41, 5.74) is 4.51. The number of hydrogen-bond acceptors (Lipinski definition) is 3. The molecule has 2 aromatic rings. The van der Waals surface area contributed by atoms with Crippen molar-refractivity contribution >= 4 is 29.3 Å². The number of piperidine rings is 1. The van der Waals surface area contributed by atoms with E-state index in [2.05, 4.69) is 78.6 Å². The number of aryl methyl sites for hydroxylation is 1. The van der Waals surface area contributed by atoms with Crippen molar-refractivity contribution in [1.82, 2.24) is 4.90 Å². The fourth-order valence-corrected chi connectivity index (χ4v) is 4.59. The number of rotatable bonds is 8. The lowest BCUT2D eigenvalue weighted by Crippen LogP contribution is -2.38. The molecule has 0 bridgehead atoms. The highest BCUT2D eigenvalue weighted by atomic mass is 15.2. The molecule has 1 aliphatic heterocycles. The van der Waals surface area contributed by atoms with Crippen LogP contribution >= 0.6 is 0 Å². The predicted molar refractivity (Wildman–Crippen MR) is 152 cm³/mol. The van der Waals surface area contributed by atoms with Gasteiger partial charge in [0.2, 0.25) is 0 Å². The smallest absolute Gasteiger partial charge is 0.135 e. The fraction of sp³-hybridized carbons (Fsp3) is 0.367. The zero-order chi connectivity index (χ0) is 24.6. The molecule has 1 atom stereocenters. The second-order valence-corrected chi connectivity index (χ2v) is 9.38. The third-order valence-electron chi connectivity index (χ3n) is 6.69. The SMILES string of the molecule is C=CC=Nc1ccc(NC(=C)/N=C(\N=C(C)N2CCCC(c3ccccc3)C2)C2CC2)cc1CC.[HH]. The first-order chi connectivity index (χ1) is 17.1. The number of hydrogen-bond donors (Lipinski definition) is 1. The summed E-state index contributed by atoms with van der Waals surface area (Å²) in [6.07, 6.45) is 9.01. The van der Waals surface area contributed by atoms with Crippen LogP contribution in [0.3, 0.4) is 0 Å². The highest BCUT2D eigenvalue weighted by molar-refractivity contribution is 5.98. The normalized spacial score (nSPS) is 19.1. The van der Waals surface area contributed by atoms with Crippen molar-refractivity contribution in [2.45, 2.75) is 51.9 Å². The van der Waals surface area contributed by atoms with Crippen molar-refractivity contribution in [3.05, 3.63) is 84.7 Å². The summed E-state index contributed by atoms with van der Waals surface area (Å²) in [4.78, 5) is 16.7. The molecule has 35 heavy (non-hydrogen) atoms. The van der Waals surface area contributed by atoms with E-state index in [-0.39, 0.29) is 1.43 Å². The number of likely N-dealkylation sites (tertiary alicyclic amines) is 1. The molecule has 1 N–H and O–H groups in total. The second kappa shape index (κ2) is 11.8. The maximum Gasteiger partial charge on any atom is 0.135 e. The van der Waals surface area contributed by atoms with Gasteiger partial charge in [0.25, 0.3) is 0 Å². The van der Waals surface area contributed by atoms with Gasteiger partial charge in [-0.3, -0.25) is 4.99 Å². The first-order valence-electron chi connectivity index (χ1n) is 12.7. The van der Waals surface area contributed by atoms with E-state index >= 15 is 0 Å².